The van der Waals surface area contributed by atoms with Crippen LogP contribution >= 0.6 is 23.2 Å². The zero-order valence-corrected chi connectivity index (χ0v) is 11.9. The molecule has 5 heteroatoms. The van der Waals surface area contributed by atoms with Gasteiger partial charge in [-0.2, -0.15) is 0 Å². The molecule has 3 nitrogen and oxygen atoms in total. The predicted octanol–water partition coefficient (Wildman–Crippen LogP) is 4.45. The van der Waals surface area contributed by atoms with Crippen molar-refractivity contribution in [3.8, 4) is 0 Å². The number of halogens is 2. The number of aromatic nitrogens is 2. The average molecular weight is 282 g/mol. The third-order valence-electron chi connectivity index (χ3n) is 2.93. The normalized spacial score (nSPS) is 10.5. The van der Waals surface area contributed by atoms with Crippen LogP contribution in [0, 0.1) is 20.8 Å². The number of hydrogen-bond acceptors (Lipinski definition) is 3. The lowest BCUT2D eigenvalue weighted by molar-refractivity contribution is 1.00. The maximum Gasteiger partial charge on any atom is 0.156 e. The summed E-state index contributed by atoms with van der Waals surface area (Å²) in [6.45, 7) is 5.85. The third kappa shape index (κ3) is 2.42. The number of nitrogens with zero attached hydrogens (tertiary/aromatic N) is 2. The topological polar surface area (TPSA) is 37.8 Å². The minimum atomic E-state index is 0.425. The van der Waals surface area contributed by atoms with Gasteiger partial charge in [-0.05, 0) is 43.5 Å². The highest BCUT2D eigenvalue weighted by atomic mass is 35.5. The number of benzene rings is 1. The number of nitrogens with one attached hydrogen (secondary N) is 1. The first-order valence-corrected chi connectivity index (χ1v) is 6.28. The van der Waals surface area contributed by atoms with Crippen molar-refractivity contribution >= 4 is 34.7 Å². The molecule has 94 valence electrons. The van der Waals surface area contributed by atoms with Gasteiger partial charge in [0, 0.05) is 0 Å². The first-order valence-electron chi connectivity index (χ1n) is 5.52. The van der Waals surface area contributed by atoms with Gasteiger partial charge in [-0.3, -0.25) is 0 Å². The molecule has 0 aliphatic carbocycles. The van der Waals surface area contributed by atoms with Crippen molar-refractivity contribution in [2.45, 2.75) is 20.8 Å². The SMILES string of the molecule is Cc1cccc(Cl)c1Nc1nnc(Cl)c(C)c1C. The monoisotopic (exact) mass is 281 g/mol. The Labute approximate surface area is 116 Å². The van der Waals surface area contributed by atoms with E-state index in [1.54, 1.807) is 0 Å². The van der Waals surface area contributed by atoms with Gasteiger partial charge in [0.15, 0.2) is 11.0 Å². The van der Waals surface area contributed by atoms with Crippen molar-refractivity contribution in [3.05, 3.63) is 45.1 Å². The van der Waals surface area contributed by atoms with Gasteiger partial charge in [0.05, 0.1) is 10.7 Å². The highest BCUT2D eigenvalue weighted by Gasteiger charge is 2.10. The quantitative estimate of drug-likeness (QED) is 0.884. The van der Waals surface area contributed by atoms with Crippen LogP contribution in [0.2, 0.25) is 10.2 Å². The lowest BCUT2D eigenvalue weighted by Crippen LogP contribution is -2.02. The van der Waals surface area contributed by atoms with Crippen LogP contribution < -0.4 is 5.32 Å². The molecule has 1 aromatic carbocycles. The smallest absolute Gasteiger partial charge is 0.156 e. The molecular weight excluding hydrogens is 269 g/mol. The summed E-state index contributed by atoms with van der Waals surface area (Å²) in [5.41, 5.74) is 3.78. The highest BCUT2D eigenvalue weighted by Crippen LogP contribution is 2.30. The van der Waals surface area contributed by atoms with Gasteiger partial charge in [-0.25, -0.2) is 0 Å². The second kappa shape index (κ2) is 5.12. The molecule has 0 aliphatic heterocycles. The molecule has 18 heavy (non-hydrogen) atoms. The van der Waals surface area contributed by atoms with Gasteiger partial charge in [0.25, 0.3) is 0 Å². The van der Waals surface area contributed by atoms with Crippen molar-refractivity contribution in [1.82, 2.24) is 10.2 Å². The standard InChI is InChI=1S/C13H13Cl2N3/c1-7-5-4-6-10(14)11(7)16-13-9(3)8(2)12(15)17-18-13/h4-6H,1-3H3,(H,16,18). The minimum Gasteiger partial charge on any atom is -0.337 e. The van der Waals surface area contributed by atoms with Gasteiger partial charge in [-0.1, -0.05) is 35.3 Å². The number of hydrogen-bond donors (Lipinski definition) is 1. The van der Waals surface area contributed by atoms with Crippen LogP contribution in [0.1, 0.15) is 16.7 Å². The van der Waals surface area contributed by atoms with Crippen LogP contribution in [0.15, 0.2) is 18.2 Å². The molecule has 0 saturated heterocycles. The van der Waals surface area contributed by atoms with Crippen LogP contribution in [0.3, 0.4) is 0 Å². The van der Waals surface area contributed by atoms with Crippen LogP contribution in [-0.4, -0.2) is 10.2 Å². The van der Waals surface area contributed by atoms with Crippen molar-refractivity contribution < 1.29 is 0 Å². The van der Waals surface area contributed by atoms with Gasteiger partial charge in [-0.15, -0.1) is 10.2 Å². The fourth-order valence-corrected chi connectivity index (χ4v) is 2.05. The Morgan fingerprint density at radius 1 is 1.00 bits per heavy atom. The Bertz CT molecular complexity index is 577. The summed E-state index contributed by atoms with van der Waals surface area (Å²) in [5.74, 6) is 0.674. The molecule has 0 unspecified atom stereocenters. The molecule has 0 atom stereocenters. The van der Waals surface area contributed by atoms with E-state index in [0.717, 1.165) is 22.4 Å². The molecule has 0 fully saturated rings. The van der Waals surface area contributed by atoms with E-state index in [0.29, 0.717) is 16.0 Å². The molecule has 0 radical (unpaired) electrons. The molecule has 1 N–H and O–H groups in total. The Kier molecular flexibility index (Phi) is 3.73. The van der Waals surface area contributed by atoms with E-state index < -0.39 is 0 Å². The Hall–Kier alpha value is -1.32. The largest absolute Gasteiger partial charge is 0.337 e. The molecule has 0 saturated carbocycles. The van der Waals surface area contributed by atoms with Gasteiger partial charge in [0.2, 0.25) is 0 Å². The number of rotatable bonds is 2. The number of aryl methyl sites for hydroxylation is 1. The zero-order chi connectivity index (χ0) is 13.3. The lowest BCUT2D eigenvalue weighted by Gasteiger charge is -2.13. The van der Waals surface area contributed by atoms with Crippen molar-refractivity contribution in [2.24, 2.45) is 0 Å². The van der Waals surface area contributed by atoms with Crippen LogP contribution in [0.4, 0.5) is 11.5 Å². The Balaban J connectivity index is 2.44. The third-order valence-corrected chi connectivity index (χ3v) is 3.60. The van der Waals surface area contributed by atoms with Crippen molar-refractivity contribution in [2.75, 3.05) is 5.32 Å². The molecule has 0 amide bonds. The zero-order valence-electron chi connectivity index (χ0n) is 10.4. The van der Waals surface area contributed by atoms with Crippen molar-refractivity contribution in [3.63, 3.8) is 0 Å². The Morgan fingerprint density at radius 3 is 2.39 bits per heavy atom. The first-order chi connectivity index (χ1) is 8.50. The molecule has 1 aromatic heterocycles. The van der Waals surface area contributed by atoms with E-state index in [1.165, 1.54) is 0 Å². The maximum atomic E-state index is 6.17. The summed E-state index contributed by atoms with van der Waals surface area (Å²) in [7, 11) is 0. The average Bonchev–Trinajstić information content (AvgIpc) is 2.34. The van der Waals surface area contributed by atoms with Crippen LogP contribution in [0.5, 0.6) is 0 Å². The fourth-order valence-electron chi connectivity index (χ4n) is 1.60. The second-order valence-corrected chi connectivity index (χ2v) is 4.91. The molecule has 1 heterocycles. The van der Waals surface area contributed by atoms with E-state index >= 15 is 0 Å². The van der Waals surface area contributed by atoms with Gasteiger partial charge in [0.1, 0.15) is 0 Å². The summed E-state index contributed by atoms with van der Waals surface area (Å²) in [6.07, 6.45) is 0. The molecule has 2 aromatic rings. The van der Waals surface area contributed by atoms with Gasteiger partial charge < -0.3 is 5.32 Å². The number of para-hydroxylation sites is 1. The highest BCUT2D eigenvalue weighted by molar-refractivity contribution is 6.33. The molecular formula is C13H13Cl2N3. The Morgan fingerprint density at radius 2 is 1.72 bits per heavy atom. The van der Waals surface area contributed by atoms with E-state index in [4.69, 9.17) is 23.2 Å². The minimum absolute atomic E-state index is 0.425. The second-order valence-electron chi connectivity index (χ2n) is 4.15. The van der Waals surface area contributed by atoms with Crippen molar-refractivity contribution in [1.29, 1.82) is 0 Å². The molecule has 0 bridgehead atoms. The molecule has 0 spiro atoms. The van der Waals surface area contributed by atoms with E-state index in [9.17, 15) is 0 Å². The van der Waals surface area contributed by atoms with Gasteiger partial charge >= 0.3 is 0 Å². The van der Waals surface area contributed by atoms with Crippen LogP contribution in [0.25, 0.3) is 0 Å². The summed E-state index contributed by atoms with van der Waals surface area (Å²) in [6, 6.07) is 5.73. The maximum absolute atomic E-state index is 6.17. The number of anilines is 2. The first kappa shape index (κ1) is 13.1. The lowest BCUT2D eigenvalue weighted by atomic mass is 10.1. The molecule has 2 rings (SSSR count). The van der Waals surface area contributed by atoms with E-state index in [-0.39, 0.29) is 0 Å². The fraction of sp³-hybridized carbons (Fsp3) is 0.231. The van der Waals surface area contributed by atoms with E-state index in [1.807, 2.05) is 39.0 Å². The molecule has 0 aliphatic rings. The summed E-state index contributed by atoms with van der Waals surface area (Å²) < 4.78 is 0. The summed E-state index contributed by atoms with van der Waals surface area (Å²) >= 11 is 12.1. The predicted molar refractivity (Wildman–Crippen MR) is 76.0 cm³/mol. The van der Waals surface area contributed by atoms with E-state index in [2.05, 4.69) is 15.5 Å². The summed E-state index contributed by atoms with van der Waals surface area (Å²) in [5, 5.41) is 12.3. The summed E-state index contributed by atoms with van der Waals surface area (Å²) in [4.78, 5) is 0. The van der Waals surface area contributed by atoms with Crippen LogP contribution in [-0.2, 0) is 0 Å².